The van der Waals surface area contributed by atoms with Gasteiger partial charge < -0.3 is 30.2 Å². The number of nitrogens with zero attached hydrogens (tertiary/aromatic N) is 5. The molecule has 0 spiro atoms. The number of hydrogen-bond donors (Lipinski definition) is 4. The maximum absolute atomic E-state index is 13.6. The maximum Gasteiger partial charge on any atom is 0.306 e. The van der Waals surface area contributed by atoms with Crippen LogP contribution in [0.5, 0.6) is 0 Å². The number of fused-ring (bicyclic) bond motifs is 2. The summed E-state index contributed by atoms with van der Waals surface area (Å²) in [6.07, 6.45) is 4.96. The highest BCUT2D eigenvalue weighted by Crippen LogP contribution is 2.38. The van der Waals surface area contributed by atoms with Crippen molar-refractivity contribution < 1.29 is 19.5 Å². The molecule has 50 heavy (non-hydrogen) atoms. The van der Waals surface area contributed by atoms with Crippen LogP contribution in [0.4, 0.5) is 11.4 Å². The maximum atomic E-state index is 13.6. The molecular formula is C37H43ClN8O4. The van der Waals surface area contributed by atoms with E-state index in [4.69, 9.17) is 16.6 Å². The molecule has 4 N–H and O–H groups in total. The average molecular weight is 699 g/mol. The van der Waals surface area contributed by atoms with Crippen molar-refractivity contribution in [3.8, 4) is 11.1 Å². The van der Waals surface area contributed by atoms with Crippen LogP contribution in [0.1, 0.15) is 75.3 Å². The second kappa shape index (κ2) is 14.0. The largest absolute Gasteiger partial charge is 0.481 e. The van der Waals surface area contributed by atoms with Crippen LogP contribution in [0.2, 0.25) is 5.02 Å². The van der Waals surface area contributed by atoms with E-state index in [1.807, 2.05) is 60.5 Å². The van der Waals surface area contributed by atoms with Gasteiger partial charge in [-0.3, -0.25) is 19.3 Å². The van der Waals surface area contributed by atoms with E-state index in [9.17, 15) is 19.5 Å². The predicted octanol–water partition coefficient (Wildman–Crippen LogP) is 5.18. The highest BCUT2D eigenvalue weighted by atomic mass is 35.5. The van der Waals surface area contributed by atoms with E-state index in [-0.39, 0.29) is 17.7 Å². The van der Waals surface area contributed by atoms with Crippen LogP contribution in [0.3, 0.4) is 0 Å². The number of carboxylic acid groups (broad SMARTS) is 1. The molecule has 3 aliphatic rings. The second-order valence-electron chi connectivity index (χ2n) is 13.8. The fourth-order valence-corrected chi connectivity index (χ4v) is 8.09. The zero-order valence-electron chi connectivity index (χ0n) is 28.7. The molecule has 13 heteroatoms. The third-order valence-electron chi connectivity index (χ3n) is 10.7. The summed E-state index contributed by atoms with van der Waals surface area (Å²) in [6, 6.07) is 11.2. The Balaban J connectivity index is 1.04. The van der Waals surface area contributed by atoms with Crippen molar-refractivity contribution in [2.75, 3.05) is 30.3 Å². The quantitative estimate of drug-likeness (QED) is 0.197. The van der Waals surface area contributed by atoms with Crippen molar-refractivity contribution in [3.63, 3.8) is 0 Å². The highest BCUT2D eigenvalue weighted by molar-refractivity contribution is 6.36. The number of benzene rings is 2. The Kier molecular flexibility index (Phi) is 9.51. The number of amides is 2. The molecule has 4 heterocycles. The van der Waals surface area contributed by atoms with E-state index < -0.39 is 5.97 Å². The smallest absolute Gasteiger partial charge is 0.306 e. The van der Waals surface area contributed by atoms with Gasteiger partial charge in [-0.1, -0.05) is 35.9 Å². The summed E-state index contributed by atoms with van der Waals surface area (Å²) in [5.74, 6) is -0.336. The SMILES string of the molecule is Cc1c(NC(=O)c2nc3c(n2C)CCNC3)cccc1-c1cccc(NC(=O)c2nc3c(n2C)CCN(CC2CCC(C(=O)O)CC2)C3)c1Cl. The molecule has 0 saturated heterocycles. The summed E-state index contributed by atoms with van der Waals surface area (Å²) >= 11 is 6.97. The lowest BCUT2D eigenvalue weighted by Crippen LogP contribution is -2.36. The average Bonchev–Trinajstić information content (AvgIpc) is 3.63. The van der Waals surface area contributed by atoms with Crippen LogP contribution >= 0.6 is 11.6 Å². The number of hydrogen-bond acceptors (Lipinski definition) is 7. The Morgan fingerprint density at radius 3 is 2.18 bits per heavy atom. The molecular weight excluding hydrogens is 656 g/mol. The van der Waals surface area contributed by atoms with E-state index in [1.165, 1.54) is 0 Å². The number of imidazole rings is 2. The van der Waals surface area contributed by atoms with Gasteiger partial charge in [-0.15, -0.1) is 0 Å². The summed E-state index contributed by atoms with van der Waals surface area (Å²) in [6.45, 7) is 5.90. The summed E-state index contributed by atoms with van der Waals surface area (Å²) in [5.41, 5.74) is 7.44. The van der Waals surface area contributed by atoms with Crippen molar-refractivity contribution in [1.29, 1.82) is 0 Å². The number of anilines is 2. The van der Waals surface area contributed by atoms with Gasteiger partial charge in [0.25, 0.3) is 11.8 Å². The van der Waals surface area contributed by atoms with Crippen LogP contribution in [0.15, 0.2) is 36.4 Å². The summed E-state index contributed by atoms with van der Waals surface area (Å²) < 4.78 is 3.75. The summed E-state index contributed by atoms with van der Waals surface area (Å²) in [7, 11) is 3.75. The molecule has 4 aromatic rings. The van der Waals surface area contributed by atoms with Gasteiger partial charge in [0.1, 0.15) is 0 Å². The molecule has 1 aliphatic carbocycles. The molecule has 2 aliphatic heterocycles. The highest BCUT2D eigenvalue weighted by Gasteiger charge is 2.30. The first-order chi connectivity index (χ1) is 24.1. The number of rotatable bonds is 8. The number of carboxylic acids is 1. The van der Waals surface area contributed by atoms with Crippen LogP contribution in [-0.4, -0.2) is 66.5 Å². The molecule has 0 unspecified atom stereocenters. The predicted molar refractivity (Wildman–Crippen MR) is 191 cm³/mol. The van der Waals surface area contributed by atoms with Gasteiger partial charge in [0, 0.05) is 82.3 Å². The fraction of sp³-hybridized carbons (Fsp3) is 0.432. The molecule has 2 amide bonds. The molecule has 262 valence electrons. The summed E-state index contributed by atoms with van der Waals surface area (Å²) in [5, 5.41) is 19.1. The second-order valence-corrected chi connectivity index (χ2v) is 14.2. The molecule has 1 fully saturated rings. The minimum absolute atomic E-state index is 0.215. The molecule has 2 aromatic carbocycles. The molecule has 0 radical (unpaired) electrons. The van der Waals surface area contributed by atoms with Crippen molar-refractivity contribution in [3.05, 3.63) is 81.4 Å². The third-order valence-corrected chi connectivity index (χ3v) is 11.1. The van der Waals surface area contributed by atoms with E-state index in [0.29, 0.717) is 47.1 Å². The first kappa shape index (κ1) is 34.0. The summed E-state index contributed by atoms with van der Waals surface area (Å²) in [4.78, 5) is 50.1. The van der Waals surface area contributed by atoms with Crippen LogP contribution < -0.4 is 16.0 Å². The van der Waals surface area contributed by atoms with Gasteiger partial charge in [-0.25, -0.2) is 9.97 Å². The molecule has 0 bridgehead atoms. The topological polar surface area (TPSA) is 146 Å². The molecule has 0 atom stereocenters. The van der Waals surface area contributed by atoms with Crippen LogP contribution in [0, 0.1) is 18.8 Å². The van der Waals surface area contributed by atoms with Crippen LogP contribution in [-0.2, 0) is 44.8 Å². The molecule has 7 rings (SSSR count). The number of halogens is 1. The van der Waals surface area contributed by atoms with E-state index in [0.717, 1.165) is 97.6 Å². The third kappa shape index (κ3) is 6.55. The Morgan fingerprint density at radius 1 is 0.880 bits per heavy atom. The van der Waals surface area contributed by atoms with E-state index in [1.54, 1.807) is 6.07 Å². The standard InChI is InChI=1S/C37H43ClN8O4/c1-21-24(6-4-8-26(21)42-35(47)33-40-28-18-39-16-14-30(28)44(33)2)25-7-5-9-27(32(25)38)43-36(48)34-41-29-20-46(17-15-31(29)45(34)3)19-22-10-12-23(13-11-22)37(49)50/h4-9,22-23,39H,10-20H2,1-3H3,(H,42,47)(H,43,48)(H,49,50). The van der Waals surface area contributed by atoms with Gasteiger partial charge in [-0.05, 0) is 61.8 Å². The van der Waals surface area contributed by atoms with Crippen molar-refractivity contribution >= 4 is 40.8 Å². The lowest BCUT2D eigenvalue weighted by molar-refractivity contribution is -0.143. The molecule has 2 aromatic heterocycles. The number of nitrogens with one attached hydrogen (secondary N) is 3. The van der Waals surface area contributed by atoms with Crippen LogP contribution in [0.25, 0.3) is 11.1 Å². The Labute approximate surface area is 296 Å². The first-order valence-corrected chi connectivity index (χ1v) is 17.7. The van der Waals surface area contributed by atoms with Crippen molar-refractivity contribution in [2.45, 2.75) is 58.5 Å². The lowest BCUT2D eigenvalue weighted by atomic mass is 9.81. The van der Waals surface area contributed by atoms with E-state index >= 15 is 0 Å². The minimum Gasteiger partial charge on any atom is -0.481 e. The molecule has 12 nitrogen and oxygen atoms in total. The van der Waals surface area contributed by atoms with Gasteiger partial charge >= 0.3 is 5.97 Å². The van der Waals surface area contributed by atoms with Crippen molar-refractivity contribution in [2.24, 2.45) is 25.9 Å². The number of carbonyl (C=O) groups is 3. The zero-order chi connectivity index (χ0) is 35.1. The van der Waals surface area contributed by atoms with E-state index in [2.05, 4.69) is 25.8 Å². The van der Waals surface area contributed by atoms with Gasteiger partial charge in [-0.2, -0.15) is 0 Å². The lowest BCUT2D eigenvalue weighted by Gasteiger charge is -2.33. The molecule has 1 saturated carbocycles. The fourth-order valence-electron chi connectivity index (χ4n) is 7.81. The van der Waals surface area contributed by atoms with Crippen molar-refractivity contribution in [1.82, 2.24) is 29.3 Å². The Hall–Kier alpha value is -4.52. The Morgan fingerprint density at radius 2 is 1.50 bits per heavy atom. The number of carbonyl (C=O) groups excluding carboxylic acids is 2. The minimum atomic E-state index is -0.680. The number of aliphatic carboxylic acids is 1. The Bertz CT molecular complexity index is 1980. The van der Waals surface area contributed by atoms with Gasteiger partial charge in [0.05, 0.1) is 28.0 Å². The monoisotopic (exact) mass is 698 g/mol. The normalized spacial score (nSPS) is 19.0. The first-order valence-electron chi connectivity index (χ1n) is 17.3. The van der Waals surface area contributed by atoms with Gasteiger partial charge in [0.15, 0.2) is 11.6 Å². The van der Waals surface area contributed by atoms with Gasteiger partial charge in [0.2, 0.25) is 0 Å². The zero-order valence-corrected chi connectivity index (χ0v) is 29.4. The number of aromatic nitrogens is 4.